The zero-order chi connectivity index (χ0) is 11.4. The van der Waals surface area contributed by atoms with Gasteiger partial charge in [-0.05, 0) is 44.3 Å². The monoisotopic (exact) mass is 220 g/mol. The standard InChI is InChI=1S/C14H24N2/c1-12-8-9-16(11-14(12)15-2)10-13-6-4-3-5-7-13/h4,6-7,12,14-15H,3,5,8-11H2,1-2H3. The molecular formula is C14H24N2. The van der Waals surface area contributed by atoms with Gasteiger partial charge in [-0.2, -0.15) is 0 Å². The van der Waals surface area contributed by atoms with Gasteiger partial charge >= 0.3 is 0 Å². The lowest BCUT2D eigenvalue weighted by molar-refractivity contribution is 0.164. The first-order valence-electron chi connectivity index (χ1n) is 6.55. The molecule has 2 atom stereocenters. The molecule has 0 amide bonds. The second-order valence-electron chi connectivity index (χ2n) is 5.16. The Kier molecular flexibility index (Phi) is 4.19. The summed E-state index contributed by atoms with van der Waals surface area (Å²) in [7, 11) is 2.09. The molecule has 2 aliphatic rings. The predicted molar refractivity (Wildman–Crippen MR) is 69.5 cm³/mol. The average Bonchev–Trinajstić information content (AvgIpc) is 2.33. The van der Waals surface area contributed by atoms with Crippen LogP contribution in [0.4, 0.5) is 0 Å². The Bertz CT molecular complexity index is 280. The van der Waals surface area contributed by atoms with Crippen LogP contribution in [0, 0.1) is 5.92 Å². The lowest BCUT2D eigenvalue weighted by Gasteiger charge is -2.37. The molecule has 0 radical (unpaired) electrons. The molecule has 2 heteroatoms. The van der Waals surface area contributed by atoms with Crippen LogP contribution < -0.4 is 5.32 Å². The molecule has 1 N–H and O–H groups in total. The molecule has 0 aromatic rings. The SMILES string of the molecule is CNC1CN(CC2=CCCC=C2)CCC1C. The lowest BCUT2D eigenvalue weighted by Crippen LogP contribution is -2.49. The van der Waals surface area contributed by atoms with Gasteiger partial charge in [-0.3, -0.25) is 4.90 Å². The predicted octanol–water partition coefficient (Wildman–Crippen LogP) is 2.19. The minimum absolute atomic E-state index is 0.668. The summed E-state index contributed by atoms with van der Waals surface area (Å²) in [5.41, 5.74) is 1.51. The number of allylic oxidation sites excluding steroid dienone is 2. The summed E-state index contributed by atoms with van der Waals surface area (Å²) in [6.07, 6.45) is 10.8. The summed E-state index contributed by atoms with van der Waals surface area (Å²) in [5.74, 6) is 0.817. The fourth-order valence-electron chi connectivity index (χ4n) is 2.70. The van der Waals surface area contributed by atoms with Crippen LogP contribution in [0.15, 0.2) is 23.8 Å². The summed E-state index contributed by atoms with van der Waals surface area (Å²) in [6, 6.07) is 0.668. The van der Waals surface area contributed by atoms with Crippen LogP contribution in [0.25, 0.3) is 0 Å². The summed E-state index contributed by atoms with van der Waals surface area (Å²) >= 11 is 0. The largest absolute Gasteiger partial charge is 0.315 e. The van der Waals surface area contributed by atoms with Crippen LogP contribution >= 0.6 is 0 Å². The molecule has 2 nitrogen and oxygen atoms in total. The van der Waals surface area contributed by atoms with Gasteiger partial charge in [0.15, 0.2) is 0 Å². The molecule has 1 fully saturated rings. The third kappa shape index (κ3) is 2.96. The topological polar surface area (TPSA) is 15.3 Å². The van der Waals surface area contributed by atoms with Gasteiger partial charge in [0, 0.05) is 19.1 Å². The maximum atomic E-state index is 3.44. The normalized spacial score (nSPS) is 31.5. The van der Waals surface area contributed by atoms with E-state index in [1.807, 2.05) is 0 Å². The van der Waals surface area contributed by atoms with Crippen LogP contribution in [0.3, 0.4) is 0 Å². The van der Waals surface area contributed by atoms with Gasteiger partial charge in [-0.15, -0.1) is 0 Å². The Morgan fingerprint density at radius 2 is 2.31 bits per heavy atom. The van der Waals surface area contributed by atoms with Crippen molar-refractivity contribution < 1.29 is 0 Å². The van der Waals surface area contributed by atoms with Crippen LogP contribution in [0.1, 0.15) is 26.2 Å². The number of likely N-dealkylation sites (N-methyl/N-ethyl adjacent to an activating group) is 1. The zero-order valence-electron chi connectivity index (χ0n) is 10.6. The summed E-state index contributed by atoms with van der Waals surface area (Å²) in [4.78, 5) is 2.59. The summed E-state index contributed by atoms with van der Waals surface area (Å²) in [5, 5.41) is 3.44. The van der Waals surface area contributed by atoms with Gasteiger partial charge in [0.25, 0.3) is 0 Å². The van der Waals surface area contributed by atoms with E-state index in [9.17, 15) is 0 Å². The van der Waals surface area contributed by atoms with E-state index in [1.54, 1.807) is 0 Å². The molecule has 1 heterocycles. The minimum Gasteiger partial charge on any atom is -0.315 e. The fraction of sp³-hybridized carbons (Fsp3) is 0.714. The van der Waals surface area contributed by atoms with Gasteiger partial charge in [-0.1, -0.05) is 25.2 Å². The second-order valence-corrected chi connectivity index (χ2v) is 5.16. The second kappa shape index (κ2) is 5.65. The average molecular weight is 220 g/mol. The fourth-order valence-corrected chi connectivity index (χ4v) is 2.70. The quantitative estimate of drug-likeness (QED) is 0.784. The van der Waals surface area contributed by atoms with E-state index in [0.29, 0.717) is 6.04 Å². The molecule has 0 saturated carbocycles. The number of hydrogen-bond acceptors (Lipinski definition) is 2. The Balaban J connectivity index is 1.86. The molecule has 1 saturated heterocycles. The minimum atomic E-state index is 0.668. The zero-order valence-corrected chi connectivity index (χ0v) is 10.6. The molecule has 0 aromatic heterocycles. The van der Waals surface area contributed by atoms with E-state index < -0.39 is 0 Å². The number of hydrogen-bond donors (Lipinski definition) is 1. The molecule has 0 aromatic carbocycles. The first-order valence-corrected chi connectivity index (χ1v) is 6.55. The van der Waals surface area contributed by atoms with Crippen molar-refractivity contribution in [3.05, 3.63) is 23.8 Å². The molecule has 1 aliphatic carbocycles. The third-order valence-electron chi connectivity index (χ3n) is 3.89. The highest BCUT2D eigenvalue weighted by molar-refractivity contribution is 5.23. The number of rotatable bonds is 3. The number of nitrogens with one attached hydrogen (secondary N) is 1. The van der Waals surface area contributed by atoms with Crippen LogP contribution in [-0.4, -0.2) is 37.6 Å². The number of likely N-dealkylation sites (tertiary alicyclic amines) is 1. The van der Waals surface area contributed by atoms with Crippen molar-refractivity contribution in [2.24, 2.45) is 5.92 Å². The van der Waals surface area contributed by atoms with Gasteiger partial charge < -0.3 is 5.32 Å². The molecular weight excluding hydrogens is 196 g/mol. The maximum absolute atomic E-state index is 3.44. The number of piperidine rings is 1. The van der Waals surface area contributed by atoms with Gasteiger partial charge in [-0.25, -0.2) is 0 Å². The van der Waals surface area contributed by atoms with Crippen LogP contribution in [0.2, 0.25) is 0 Å². The van der Waals surface area contributed by atoms with Gasteiger partial charge in [0.1, 0.15) is 0 Å². The van der Waals surface area contributed by atoms with Gasteiger partial charge in [0.2, 0.25) is 0 Å². The third-order valence-corrected chi connectivity index (χ3v) is 3.89. The van der Waals surface area contributed by atoms with Crippen molar-refractivity contribution in [3.8, 4) is 0 Å². The van der Waals surface area contributed by atoms with E-state index in [2.05, 4.69) is 42.4 Å². The Hall–Kier alpha value is -0.600. The van der Waals surface area contributed by atoms with E-state index in [4.69, 9.17) is 0 Å². The molecule has 90 valence electrons. The Morgan fingerprint density at radius 3 is 3.00 bits per heavy atom. The molecule has 0 spiro atoms. The van der Waals surface area contributed by atoms with Crippen molar-refractivity contribution >= 4 is 0 Å². The van der Waals surface area contributed by atoms with Crippen LogP contribution in [0.5, 0.6) is 0 Å². The van der Waals surface area contributed by atoms with Crippen molar-refractivity contribution in [3.63, 3.8) is 0 Å². The summed E-state index contributed by atoms with van der Waals surface area (Å²) in [6.45, 7) is 5.95. The molecule has 16 heavy (non-hydrogen) atoms. The highest BCUT2D eigenvalue weighted by Gasteiger charge is 2.24. The summed E-state index contributed by atoms with van der Waals surface area (Å²) < 4.78 is 0. The van der Waals surface area contributed by atoms with Gasteiger partial charge in [0.05, 0.1) is 0 Å². The Labute approximate surface area is 99.4 Å². The van der Waals surface area contributed by atoms with E-state index in [0.717, 1.165) is 12.5 Å². The molecule has 0 bridgehead atoms. The highest BCUT2D eigenvalue weighted by Crippen LogP contribution is 2.19. The van der Waals surface area contributed by atoms with E-state index >= 15 is 0 Å². The van der Waals surface area contributed by atoms with E-state index in [-0.39, 0.29) is 0 Å². The Morgan fingerprint density at radius 1 is 1.44 bits per heavy atom. The first kappa shape index (κ1) is 11.9. The van der Waals surface area contributed by atoms with E-state index in [1.165, 1.54) is 37.9 Å². The van der Waals surface area contributed by atoms with Crippen molar-refractivity contribution in [2.75, 3.05) is 26.7 Å². The van der Waals surface area contributed by atoms with Crippen molar-refractivity contribution in [1.82, 2.24) is 10.2 Å². The maximum Gasteiger partial charge on any atom is 0.0231 e. The van der Waals surface area contributed by atoms with Crippen LogP contribution in [-0.2, 0) is 0 Å². The first-order chi connectivity index (χ1) is 7.79. The van der Waals surface area contributed by atoms with Crippen molar-refractivity contribution in [1.29, 1.82) is 0 Å². The molecule has 2 rings (SSSR count). The number of nitrogens with zero attached hydrogens (tertiary/aromatic N) is 1. The molecule has 2 unspecified atom stereocenters. The molecule has 1 aliphatic heterocycles. The lowest BCUT2D eigenvalue weighted by atomic mass is 9.93. The van der Waals surface area contributed by atoms with Crippen molar-refractivity contribution in [2.45, 2.75) is 32.2 Å². The highest BCUT2D eigenvalue weighted by atomic mass is 15.2. The smallest absolute Gasteiger partial charge is 0.0231 e.